The zero-order valence-electron chi connectivity index (χ0n) is 11.9. The quantitative estimate of drug-likeness (QED) is 0.812. The van der Waals surface area contributed by atoms with Gasteiger partial charge in [-0.2, -0.15) is 0 Å². The summed E-state index contributed by atoms with van der Waals surface area (Å²) in [6, 6.07) is 0.496. The van der Waals surface area contributed by atoms with Crippen molar-refractivity contribution in [3.8, 4) is 0 Å². The lowest BCUT2D eigenvalue weighted by Gasteiger charge is -2.47. The number of likely N-dealkylation sites (tertiary alicyclic amines) is 1. The molecule has 1 atom stereocenters. The highest BCUT2D eigenvalue weighted by Crippen LogP contribution is 2.34. The third-order valence-corrected chi connectivity index (χ3v) is 4.70. The van der Waals surface area contributed by atoms with Crippen LogP contribution in [0, 0.1) is 5.41 Å². The number of amides is 1. The highest BCUT2D eigenvalue weighted by molar-refractivity contribution is 5.65. The average Bonchev–Trinajstić information content (AvgIpc) is 2.32. The molecule has 0 aromatic heterocycles. The molecule has 2 fully saturated rings. The highest BCUT2D eigenvalue weighted by Gasteiger charge is 2.39. The van der Waals surface area contributed by atoms with Crippen molar-refractivity contribution >= 4 is 6.09 Å². The predicted molar refractivity (Wildman–Crippen MR) is 72.1 cm³/mol. The average molecular weight is 272 g/mol. The zero-order chi connectivity index (χ0) is 14.0. The second-order valence-electron chi connectivity index (χ2n) is 6.66. The fourth-order valence-corrected chi connectivity index (χ4v) is 3.53. The molecule has 2 N–H and O–H groups in total. The molecule has 0 aromatic rings. The van der Waals surface area contributed by atoms with Gasteiger partial charge >= 0.3 is 6.09 Å². The van der Waals surface area contributed by atoms with Gasteiger partial charge < -0.3 is 10.4 Å². The van der Waals surface area contributed by atoms with E-state index in [0.717, 1.165) is 32.4 Å². The Morgan fingerprint density at radius 2 is 1.89 bits per heavy atom. The Kier molecular flexibility index (Phi) is 4.33. The Hall–Kier alpha value is -0.840. The SMILES string of the molecule is CC1(C)CN(C2CCC(F)CC2)CCC1NC(=O)O. The van der Waals surface area contributed by atoms with E-state index in [-0.39, 0.29) is 11.5 Å². The lowest BCUT2D eigenvalue weighted by Crippen LogP contribution is -2.57. The number of nitrogens with one attached hydrogen (secondary N) is 1. The normalized spacial score (nSPS) is 35.8. The van der Waals surface area contributed by atoms with Crippen molar-refractivity contribution in [2.75, 3.05) is 13.1 Å². The number of carboxylic acid groups (broad SMARTS) is 1. The van der Waals surface area contributed by atoms with Crippen LogP contribution in [0.25, 0.3) is 0 Å². The van der Waals surface area contributed by atoms with E-state index in [9.17, 15) is 9.18 Å². The van der Waals surface area contributed by atoms with Crippen molar-refractivity contribution < 1.29 is 14.3 Å². The maximum atomic E-state index is 13.2. The number of rotatable bonds is 2. The van der Waals surface area contributed by atoms with Crippen LogP contribution >= 0.6 is 0 Å². The second kappa shape index (κ2) is 5.65. The number of nitrogens with zero attached hydrogens (tertiary/aromatic N) is 1. The minimum atomic E-state index is -0.940. The maximum absolute atomic E-state index is 13.2. The minimum Gasteiger partial charge on any atom is -0.465 e. The van der Waals surface area contributed by atoms with Gasteiger partial charge in [-0.3, -0.25) is 4.90 Å². The van der Waals surface area contributed by atoms with Crippen LogP contribution in [0.5, 0.6) is 0 Å². The summed E-state index contributed by atoms with van der Waals surface area (Å²) in [6.07, 6.45) is 2.52. The Morgan fingerprint density at radius 3 is 2.42 bits per heavy atom. The van der Waals surface area contributed by atoms with Gasteiger partial charge in [0.2, 0.25) is 0 Å². The van der Waals surface area contributed by atoms with Crippen molar-refractivity contribution in [3.63, 3.8) is 0 Å². The molecule has 0 bridgehead atoms. The van der Waals surface area contributed by atoms with Gasteiger partial charge in [0.1, 0.15) is 6.17 Å². The number of piperidine rings is 1. The van der Waals surface area contributed by atoms with E-state index in [1.165, 1.54) is 0 Å². The molecule has 1 saturated carbocycles. The Morgan fingerprint density at radius 1 is 1.26 bits per heavy atom. The van der Waals surface area contributed by atoms with Gasteiger partial charge in [0.05, 0.1) is 0 Å². The summed E-state index contributed by atoms with van der Waals surface area (Å²) >= 11 is 0. The maximum Gasteiger partial charge on any atom is 0.404 e. The molecule has 110 valence electrons. The molecule has 19 heavy (non-hydrogen) atoms. The largest absolute Gasteiger partial charge is 0.465 e. The summed E-state index contributed by atoms with van der Waals surface area (Å²) in [4.78, 5) is 13.2. The Bertz CT molecular complexity index is 327. The van der Waals surface area contributed by atoms with Crippen LogP contribution in [0.15, 0.2) is 0 Å². The summed E-state index contributed by atoms with van der Waals surface area (Å²) in [7, 11) is 0. The molecular weight excluding hydrogens is 247 g/mol. The molecule has 4 nitrogen and oxygen atoms in total. The Balaban J connectivity index is 1.92. The zero-order valence-corrected chi connectivity index (χ0v) is 11.9. The molecule has 0 spiro atoms. The van der Waals surface area contributed by atoms with Gasteiger partial charge in [0, 0.05) is 25.2 Å². The van der Waals surface area contributed by atoms with Crippen LogP contribution in [-0.4, -0.2) is 47.4 Å². The first-order valence-corrected chi connectivity index (χ1v) is 7.26. The van der Waals surface area contributed by atoms with Crippen LogP contribution in [0.3, 0.4) is 0 Å². The van der Waals surface area contributed by atoms with Gasteiger partial charge in [-0.15, -0.1) is 0 Å². The van der Waals surface area contributed by atoms with Crippen molar-refractivity contribution in [1.82, 2.24) is 10.2 Å². The molecule has 1 aliphatic carbocycles. The highest BCUT2D eigenvalue weighted by atomic mass is 19.1. The standard InChI is InChI=1S/C14H25FN2O2/c1-14(2)9-17(8-7-12(14)16-13(18)19)11-5-3-10(15)4-6-11/h10-12,16H,3-9H2,1-2H3,(H,18,19). The molecule has 2 aliphatic rings. The third-order valence-electron chi connectivity index (χ3n) is 4.70. The van der Waals surface area contributed by atoms with E-state index in [1.54, 1.807) is 0 Å². The molecule has 1 unspecified atom stereocenters. The van der Waals surface area contributed by atoms with Crippen molar-refractivity contribution in [3.05, 3.63) is 0 Å². The minimum absolute atomic E-state index is 0.0127. The van der Waals surface area contributed by atoms with E-state index in [2.05, 4.69) is 24.1 Å². The lowest BCUT2D eigenvalue weighted by molar-refractivity contribution is 0.0271. The lowest BCUT2D eigenvalue weighted by atomic mass is 9.77. The molecule has 2 rings (SSSR count). The molecular formula is C14H25FN2O2. The second-order valence-corrected chi connectivity index (χ2v) is 6.66. The van der Waals surface area contributed by atoms with Gasteiger partial charge in [-0.25, -0.2) is 9.18 Å². The van der Waals surface area contributed by atoms with Gasteiger partial charge in [-0.05, 0) is 37.5 Å². The van der Waals surface area contributed by atoms with E-state index in [1.807, 2.05) is 0 Å². The topological polar surface area (TPSA) is 52.6 Å². The predicted octanol–water partition coefficient (Wildman–Crippen LogP) is 2.64. The van der Waals surface area contributed by atoms with Crippen LogP contribution in [0.2, 0.25) is 0 Å². The molecule has 1 aliphatic heterocycles. The summed E-state index contributed by atoms with van der Waals surface area (Å²) in [5.41, 5.74) is -0.0663. The fraction of sp³-hybridized carbons (Fsp3) is 0.929. The molecule has 0 radical (unpaired) electrons. The first-order chi connectivity index (χ1) is 8.88. The van der Waals surface area contributed by atoms with Gasteiger partial charge in [-0.1, -0.05) is 13.8 Å². The smallest absolute Gasteiger partial charge is 0.404 e. The summed E-state index contributed by atoms with van der Waals surface area (Å²) < 4.78 is 13.2. The molecule has 0 aromatic carbocycles. The van der Waals surface area contributed by atoms with Crippen LogP contribution in [-0.2, 0) is 0 Å². The fourth-order valence-electron chi connectivity index (χ4n) is 3.53. The van der Waals surface area contributed by atoms with Crippen molar-refractivity contribution in [1.29, 1.82) is 0 Å². The van der Waals surface area contributed by atoms with E-state index in [0.29, 0.717) is 18.9 Å². The van der Waals surface area contributed by atoms with Crippen molar-refractivity contribution in [2.24, 2.45) is 5.41 Å². The monoisotopic (exact) mass is 272 g/mol. The van der Waals surface area contributed by atoms with Crippen LogP contribution in [0.4, 0.5) is 9.18 Å². The van der Waals surface area contributed by atoms with Gasteiger partial charge in [0.25, 0.3) is 0 Å². The number of hydrogen-bond donors (Lipinski definition) is 2. The number of halogens is 1. The number of hydrogen-bond acceptors (Lipinski definition) is 2. The van der Waals surface area contributed by atoms with Gasteiger partial charge in [0.15, 0.2) is 0 Å². The summed E-state index contributed by atoms with van der Waals surface area (Å²) in [6.45, 7) is 6.02. The Labute approximate surface area is 114 Å². The molecule has 1 heterocycles. The molecule has 1 amide bonds. The van der Waals surface area contributed by atoms with Crippen LogP contribution < -0.4 is 5.32 Å². The summed E-state index contributed by atoms with van der Waals surface area (Å²) in [5.74, 6) is 0. The van der Waals surface area contributed by atoms with E-state index >= 15 is 0 Å². The number of alkyl halides is 1. The van der Waals surface area contributed by atoms with E-state index in [4.69, 9.17) is 5.11 Å². The molecule has 5 heteroatoms. The first kappa shape index (κ1) is 14.6. The first-order valence-electron chi connectivity index (χ1n) is 7.26. The molecule has 1 saturated heterocycles. The summed E-state index contributed by atoms with van der Waals surface area (Å²) in [5, 5.41) is 11.5. The third kappa shape index (κ3) is 3.59. The number of carbonyl (C=O) groups is 1. The van der Waals surface area contributed by atoms with E-state index < -0.39 is 12.3 Å². The van der Waals surface area contributed by atoms with Crippen molar-refractivity contribution in [2.45, 2.75) is 64.2 Å². The van der Waals surface area contributed by atoms with Crippen LogP contribution in [0.1, 0.15) is 46.0 Å².